The average Bonchev–Trinajstić information content (AvgIpc) is 2.48. The fourth-order valence-corrected chi connectivity index (χ4v) is 1.76. The first kappa shape index (κ1) is 12.6. The van der Waals surface area contributed by atoms with Gasteiger partial charge in [0.15, 0.2) is 0 Å². The predicted molar refractivity (Wildman–Crippen MR) is 72.8 cm³/mol. The highest BCUT2D eigenvalue weighted by atomic mass is 16.4. The maximum atomic E-state index is 12.0. The van der Waals surface area contributed by atoms with Gasteiger partial charge in [-0.1, -0.05) is 53.7 Å². The lowest BCUT2D eigenvalue weighted by Crippen LogP contribution is -2.36. The maximum Gasteiger partial charge on any atom is 0.258 e. The second-order valence-electron chi connectivity index (χ2n) is 3.85. The first-order chi connectivity index (χ1) is 9.22. The van der Waals surface area contributed by atoms with E-state index in [9.17, 15) is 4.79 Å². The zero-order valence-corrected chi connectivity index (χ0v) is 10.1. The van der Waals surface area contributed by atoms with E-state index in [2.05, 4.69) is 10.5 Å². The van der Waals surface area contributed by atoms with Gasteiger partial charge in [-0.25, -0.2) is 0 Å². The van der Waals surface area contributed by atoms with Crippen LogP contribution >= 0.6 is 0 Å². The van der Waals surface area contributed by atoms with E-state index in [4.69, 9.17) is 10.9 Å². The average molecular weight is 255 g/mol. The smallest absolute Gasteiger partial charge is 0.258 e. The zero-order chi connectivity index (χ0) is 13.7. The van der Waals surface area contributed by atoms with Crippen LogP contribution in [0, 0.1) is 0 Å². The maximum absolute atomic E-state index is 12.0. The summed E-state index contributed by atoms with van der Waals surface area (Å²) < 4.78 is 0. The molecule has 0 radical (unpaired) electrons. The number of rotatable bonds is 2. The van der Waals surface area contributed by atoms with Crippen LogP contribution in [0.5, 0.6) is 0 Å². The number of nitrogens with one attached hydrogen (secondary N) is 1. The molecule has 0 aliphatic heterocycles. The van der Waals surface area contributed by atoms with Gasteiger partial charge in [0.25, 0.3) is 5.91 Å². The number of amides is 1. The van der Waals surface area contributed by atoms with Gasteiger partial charge in [-0.15, -0.1) is 0 Å². The van der Waals surface area contributed by atoms with Crippen LogP contribution in [0.2, 0.25) is 0 Å². The van der Waals surface area contributed by atoms with Gasteiger partial charge < -0.3 is 10.9 Å². The number of nitrogens with zero attached hydrogens (tertiary/aromatic N) is 1. The van der Waals surface area contributed by atoms with Crippen LogP contribution in [0.25, 0.3) is 11.1 Å². The van der Waals surface area contributed by atoms with Crippen molar-refractivity contribution in [2.24, 2.45) is 10.9 Å². The second-order valence-corrected chi connectivity index (χ2v) is 3.85. The molecule has 0 saturated carbocycles. The highest BCUT2D eigenvalue weighted by molar-refractivity contribution is 6.08. The lowest BCUT2D eigenvalue weighted by Gasteiger charge is -2.09. The molecule has 2 aromatic carbocycles. The van der Waals surface area contributed by atoms with Crippen LogP contribution in [0.4, 0.5) is 0 Å². The summed E-state index contributed by atoms with van der Waals surface area (Å²) in [6.07, 6.45) is 0. The predicted octanol–water partition coefficient (Wildman–Crippen LogP) is 1.79. The van der Waals surface area contributed by atoms with Crippen molar-refractivity contribution in [2.75, 3.05) is 0 Å². The van der Waals surface area contributed by atoms with Crippen LogP contribution in [-0.4, -0.2) is 17.1 Å². The Kier molecular flexibility index (Phi) is 3.78. The zero-order valence-electron chi connectivity index (χ0n) is 10.1. The monoisotopic (exact) mass is 255 g/mol. The van der Waals surface area contributed by atoms with Crippen molar-refractivity contribution in [1.29, 1.82) is 0 Å². The van der Waals surface area contributed by atoms with Crippen molar-refractivity contribution >= 4 is 11.9 Å². The molecule has 0 saturated heterocycles. The first-order valence-electron chi connectivity index (χ1n) is 5.65. The lowest BCUT2D eigenvalue weighted by atomic mass is 9.99. The summed E-state index contributed by atoms with van der Waals surface area (Å²) in [4.78, 5) is 12.0. The molecule has 5 heteroatoms. The Labute approximate surface area is 110 Å². The first-order valence-corrected chi connectivity index (χ1v) is 5.65. The van der Waals surface area contributed by atoms with E-state index in [1.54, 1.807) is 12.1 Å². The normalized spacial score (nSPS) is 11.1. The van der Waals surface area contributed by atoms with Gasteiger partial charge in [-0.2, -0.15) is 0 Å². The fraction of sp³-hybridized carbons (Fsp3) is 0. The van der Waals surface area contributed by atoms with Gasteiger partial charge in [0.2, 0.25) is 5.96 Å². The third-order valence-corrected chi connectivity index (χ3v) is 2.61. The lowest BCUT2D eigenvalue weighted by molar-refractivity contribution is 0.0975. The van der Waals surface area contributed by atoms with Crippen molar-refractivity contribution in [2.45, 2.75) is 0 Å². The number of carbonyl (C=O) groups excluding carboxylic acids is 1. The third kappa shape index (κ3) is 2.90. The van der Waals surface area contributed by atoms with E-state index in [1.165, 1.54) is 0 Å². The SMILES string of the molecule is NC(=NO)NC(=O)c1ccccc1-c1ccccc1. The molecular weight excluding hydrogens is 242 g/mol. The molecule has 0 fully saturated rings. The molecule has 96 valence electrons. The number of carbonyl (C=O) groups is 1. The second kappa shape index (κ2) is 5.68. The summed E-state index contributed by atoms with van der Waals surface area (Å²) in [5.74, 6) is -0.761. The molecule has 0 aromatic heterocycles. The molecule has 2 aromatic rings. The van der Waals surface area contributed by atoms with Crippen LogP contribution in [-0.2, 0) is 0 Å². The van der Waals surface area contributed by atoms with Crippen molar-refractivity contribution in [3.8, 4) is 11.1 Å². The molecule has 19 heavy (non-hydrogen) atoms. The Bertz CT molecular complexity index is 609. The van der Waals surface area contributed by atoms with Crippen LogP contribution in [0.15, 0.2) is 59.8 Å². The van der Waals surface area contributed by atoms with Gasteiger partial charge in [-0.05, 0) is 17.2 Å². The molecule has 1 amide bonds. The van der Waals surface area contributed by atoms with E-state index in [0.717, 1.165) is 11.1 Å². The molecule has 0 atom stereocenters. The summed E-state index contributed by atoms with van der Waals surface area (Å²) in [6, 6.07) is 16.7. The van der Waals surface area contributed by atoms with Gasteiger partial charge in [0, 0.05) is 5.56 Å². The number of guanidine groups is 1. The number of hydrogen-bond acceptors (Lipinski definition) is 3. The molecule has 0 unspecified atom stereocenters. The molecule has 5 nitrogen and oxygen atoms in total. The largest absolute Gasteiger partial charge is 0.408 e. The number of benzene rings is 2. The van der Waals surface area contributed by atoms with E-state index in [1.807, 2.05) is 42.5 Å². The van der Waals surface area contributed by atoms with Gasteiger partial charge in [0.05, 0.1) is 0 Å². The molecule has 0 aliphatic carbocycles. The highest BCUT2D eigenvalue weighted by Gasteiger charge is 2.12. The standard InChI is InChI=1S/C14H13N3O2/c15-14(17-19)16-13(18)12-9-5-4-8-11(12)10-6-2-1-3-7-10/h1-9,19H,(H3,15,16,17,18). The van der Waals surface area contributed by atoms with Crippen molar-refractivity contribution in [1.82, 2.24) is 5.32 Å². The molecule has 0 aliphatic rings. The summed E-state index contributed by atoms with van der Waals surface area (Å²) >= 11 is 0. The van der Waals surface area contributed by atoms with E-state index >= 15 is 0 Å². The summed E-state index contributed by atoms with van der Waals surface area (Å²) in [5, 5.41) is 13.5. The van der Waals surface area contributed by atoms with Crippen LogP contribution in [0.1, 0.15) is 10.4 Å². The van der Waals surface area contributed by atoms with Crippen LogP contribution < -0.4 is 11.1 Å². The van der Waals surface area contributed by atoms with Crippen molar-refractivity contribution < 1.29 is 10.0 Å². The molecule has 0 heterocycles. The highest BCUT2D eigenvalue weighted by Crippen LogP contribution is 2.23. The molecule has 0 bridgehead atoms. The third-order valence-electron chi connectivity index (χ3n) is 2.61. The Morgan fingerprint density at radius 3 is 2.37 bits per heavy atom. The topological polar surface area (TPSA) is 87.7 Å². The van der Waals surface area contributed by atoms with E-state index in [0.29, 0.717) is 5.56 Å². The Hall–Kier alpha value is -2.82. The van der Waals surface area contributed by atoms with Gasteiger partial charge in [0.1, 0.15) is 0 Å². The molecular formula is C14H13N3O2. The summed E-state index contributed by atoms with van der Waals surface area (Å²) in [5.41, 5.74) is 7.43. The van der Waals surface area contributed by atoms with E-state index in [-0.39, 0.29) is 5.96 Å². The minimum Gasteiger partial charge on any atom is -0.408 e. The molecule has 0 spiro atoms. The van der Waals surface area contributed by atoms with E-state index < -0.39 is 5.91 Å². The van der Waals surface area contributed by atoms with Gasteiger partial charge in [-0.3, -0.25) is 10.1 Å². The Balaban J connectivity index is 2.40. The minimum atomic E-state index is -0.422. The summed E-state index contributed by atoms with van der Waals surface area (Å²) in [6.45, 7) is 0. The van der Waals surface area contributed by atoms with Crippen LogP contribution in [0.3, 0.4) is 0 Å². The minimum absolute atomic E-state index is 0.340. The van der Waals surface area contributed by atoms with Crippen molar-refractivity contribution in [3.63, 3.8) is 0 Å². The Morgan fingerprint density at radius 2 is 1.68 bits per heavy atom. The molecule has 2 rings (SSSR count). The number of oxime groups is 1. The fourth-order valence-electron chi connectivity index (χ4n) is 1.76. The number of nitrogens with two attached hydrogens (primary N) is 1. The summed E-state index contributed by atoms with van der Waals surface area (Å²) in [7, 11) is 0. The number of hydrogen-bond donors (Lipinski definition) is 3. The Morgan fingerprint density at radius 1 is 1.05 bits per heavy atom. The quantitative estimate of drug-likeness (QED) is 0.331. The van der Waals surface area contributed by atoms with Crippen molar-refractivity contribution in [3.05, 3.63) is 60.2 Å². The van der Waals surface area contributed by atoms with Gasteiger partial charge >= 0.3 is 0 Å². The molecule has 4 N–H and O–H groups in total.